The number of piperidine rings is 1. The molecule has 0 radical (unpaired) electrons. The van der Waals surface area contributed by atoms with Gasteiger partial charge in [-0.15, -0.1) is 0 Å². The van der Waals surface area contributed by atoms with Crippen molar-refractivity contribution in [1.29, 1.82) is 0 Å². The van der Waals surface area contributed by atoms with Gasteiger partial charge in [0.1, 0.15) is 0 Å². The highest BCUT2D eigenvalue weighted by molar-refractivity contribution is 6.13. The third kappa shape index (κ3) is 3.31. The molecule has 0 amide bonds. The van der Waals surface area contributed by atoms with Gasteiger partial charge in [0.2, 0.25) is 0 Å². The highest BCUT2D eigenvalue weighted by Crippen LogP contribution is 2.20. The average molecular weight is 256 g/mol. The molecule has 0 spiro atoms. The molecule has 0 saturated carbocycles. The van der Waals surface area contributed by atoms with Crippen molar-refractivity contribution in [3.05, 3.63) is 34.4 Å². The van der Waals surface area contributed by atoms with Crippen molar-refractivity contribution in [3.8, 4) is 0 Å². The highest BCUT2D eigenvalue weighted by Gasteiger charge is 2.17. The topological polar surface area (TPSA) is 58.4 Å². The number of benzene rings is 1. The van der Waals surface area contributed by atoms with E-state index < -0.39 is 4.92 Å². The molecule has 0 aliphatic carbocycles. The van der Waals surface area contributed by atoms with Gasteiger partial charge in [-0.1, -0.05) is 0 Å². The Hall–Kier alpha value is -1.33. The minimum absolute atomic E-state index is 0.117. The third-order valence-corrected chi connectivity index (χ3v) is 3.23. The van der Waals surface area contributed by atoms with E-state index in [1.165, 1.54) is 12.1 Å². The maximum atomic E-state index is 10.5. The summed E-state index contributed by atoms with van der Waals surface area (Å²) in [6.07, 6.45) is 1.97. The summed E-state index contributed by atoms with van der Waals surface area (Å²) in [5.74, 6) is 0. The molecular weight excluding hydrogens is 242 g/mol. The van der Waals surface area contributed by atoms with Gasteiger partial charge < -0.3 is 5.32 Å². The molecule has 2 rings (SSSR count). The molecule has 1 fully saturated rings. The van der Waals surface area contributed by atoms with Gasteiger partial charge in [-0.3, -0.25) is 10.1 Å². The van der Waals surface area contributed by atoms with Crippen LogP contribution in [0.25, 0.3) is 0 Å². The zero-order valence-corrected chi connectivity index (χ0v) is 10.1. The van der Waals surface area contributed by atoms with Gasteiger partial charge in [0.05, 0.1) is 4.92 Å². The lowest BCUT2D eigenvalue weighted by atomic mass is 10.1. The first-order valence-corrected chi connectivity index (χ1v) is 5.90. The van der Waals surface area contributed by atoms with Gasteiger partial charge in [-0.25, -0.2) is 4.42 Å². The van der Waals surface area contributed by atoms with Gasteiger partial charge >= 0.3 is 0 Å². The number of nitrogens with one attached hydrogen (secondary N) is 1. The summed E-state index contributed by atoms with van der Waals surface area (Å²) in [5.41, 5.74) is 1.04. The molecule has 1 heterocycles. The van der Waals surface area contributed by atoms with Crippen LogP contribution in [-0.2, 0) is 0 Å². The van der Waals surface area contributed by atoms with Crippen LogP contribution in [0, 0.1) is 10.1 Å². The van der Waals surface area contributed by atoms with Crippen LogP contribution in [0.1, 0.15) is 12.8 Å². The molecule has 1 aromatic carbocycles. The molecule has 17 heavy (non-hydrogen) atoms. The van der Waals surface area contributed by atoms with E-state index in [1.54, 1.807) is 16.6 Å². The molecule has 0 aromatic heterocycles. The fourth-order valence-electron chi connectivity index (χ4n) is 1.91. The number of hydrogen-bond acceptors (Lipinski definition) is 4. The Balaban J connectivity index is 1.92. The Morgan fingerprint density at radius 1 is 1.29 bits per heavy atom. The Morgan fingerprint density at radius 3 is 2.41 bits per heavy atom. The predicted molar refractivity (Wildman–Crippen MR) is 67.2 cm³/mol. The first-order chi connectivity index (χ1) is 8.15. The smallest absolute Gasteiger partial charge is 0.269 e. The Morgan fingerprint density at radius 2 is 1.88 bits per heavy atom. The van der Waals surface area contributed by atoms with Crippen molar-refractivity contribution in [3.63, 3.8) is 0 Å². The monoisotopic (exact) mass is 255 g/mol. The van der Waals surface area contributed by atoms with E-state index in [0.29, 0.717) is 6.04 Å². The second-order valence-corrected chi connectivity index (χ2v) is 4.61. The summed E-state index contributed by atoms with van der Waals surface area (Å²) in [4.78, 5) is 10.1. The van der Waals surface area contributed by atoms with Crippen LogP contribution in [0.3, 0.4) is 0 Å². The summed E-state index contributed by atoms with van der Waals surface area (Å²) in [5, 5.41) is 13.9. The quantitative estimate of drug-likeness (QED) is 0.512. The van der Waals surface area contributed by atoms with Crippen molar-refractivity contribution in [2.45, 2.75) is 18.9 Å². The number of nitrogens with zero attached hydrogens (tertiary/aromatic N) is 2. The number of halogens is 1. The number of nitro benzene ring substituents is 1. The molecule has 1 saturated heterocycles. The van der Waals surface area contributed by atoms with Crippen molar-refractivity contribution < 1.29 is 4.92 Å². The molecule has 1 aromatic rings. The van der Waals surface area contributed by atoms with Gasteiger partial charge in [-0.2, -0.15) is 0 Å². The molecule has 1 aliphatic heterocycles. The molecule has 92 valence electrons. The van der Waals surface area contributed by atoms with Crippen LogP contribution < -0.4 is 5.32 Å². The van der Waals surface area contributed by atoms with E-state index in [9.17, 15) is 10.1 Å². The largest absolute Gasteiger partial charge is 0.382 e. The minimum atomic E-state index is -0.393. The van der Waals surface area contributed by atoms with E-state index in [4.69, 9.17) is 11.8 Å². The first kappa shape index (κ1) is 12.1. The fourth-order valence-corrected chi connectivity index (χ4v) is 2.10. The first-order valence-electron chi connectivity index (χ1n) is 5.57. The van der Waals surface area contributed by atoms with Crippen LogP contribution in [0.2, 0.25) is 0 Å². The van der Waals surface area contributed by atoms with E-state index in [-0.39, 0.29) is 5.69 Å². The van der Waals surface area contributed by atoms with Gasteiger partial charge in [0, 0.05) is 37.0 Å². The summed E-state index contributed by atoms with van der Waals surface area (Å²) in [6.45, 7) is 1.73. The summed E-state index contributed by atoms with van der Waals surface area (Å²) < 4.78 is 1.79. The summed E-state index contributed by atoms with van der Waals surface area (Å²) in [6, 6.07) is 6.90. The lowest BCUT2D eigenvalue weighted by Gasteiger charge is -2.28. The SMILES string of the molecule is O=[N+]([O-])c1ccc(NC2CCN(Cl)CC2)cc1. The zero-order valence-electron chi connectivity index (χ0n) is 9.30. The number of nitro groups is 1. The van der Waals surface area contributed by atoms with Crippen LogP contribution >= 0.6 is 11.8 Å². The molecule has 1 N–H and O–H groups in total. The van der Waals surface area contributed by atoms with Gasteiger partial charge in [0.15, 0.2) is 0 Å². The van der Waals surface area contributed by atoms with Gasteiger partial charge in [-0.05, 0) is 36.8 Å². The fraction of sp³-hybridized carbons (Fsp3) is 0.455. The average Bonchev–Trinajstić information content (AvgIpc) is 2.33. The van der Waals surface area contributed by atoms with Crippen molar-refractivity contribution in [2.75, 3.05) is 18.4 Å². The van der Waals surface area contributed by atoms with Crippen LogP contribution in [0.4, 0.5) is 11.4 Å². The van der Waals surface area contributed by atoms with E-state index in [2.05, 4.69) is 5.32 Å². The van der Waals surface area contributed by atoms with Crippen molar-refractivity contribution in [1.82, 2.24) is 4.42 Å². The molecule has 6 heteroatoms. The summed E-state index contributed by atoms with van der Waals surface area (Å²) >= 11 is 5.87. The summed E-state index contributed by atoms with van der Waals surface area (Å²) in [7, 11) is 0. The maximum Gasteiger partial charge on any atom is 0.269 e. The van der Waals surface area contributed by atoms with E-state index >= 15 is 0 Å². The van der Waals surface area contributed by atoms with Gasteiger partial charge in [0.25, 0.3) is 5.69 Å². The second kappa shape index (κ2) is 5.33. The normalized spacial score (nSPS) is 17.9. The van der Waals surface area contributed by atoms with E-state index in [1.807, 2.05) is 0 Å². The van der Waals surface area contributed by atoms with Crippen molar-refractivity contribution >= 4 is 23.2 Å². The molecule has 1 aliphatic rings. The second-order valence-electron chi connectivity index (χ2n) is 4.13. The molecular formula is C11H14ClN3O2. The Labute approximate surface area is 105 Å². The number of hydrogen-bond donors (Lipinski definition) is 1. The molecule has 0 atom stereocenters. The lowest BCUT2D eigenvalue weighted by molar-refractivity contribution is -0.384. The predicted octanol–water partition coefficient (Wildman–Crippen LogP) is 2.62. The van der Waals surface area contributed by atoms with Crippen LogP contribution in [-0.4, -0.2) is 28.5 Å². The Kier molecular flexibility index (Phi) is 3.81. The maximum absolute atomic E-state index is 10.5. The Bertz CT molecular complexity index is 388. The van der Waals surface area contributed by atoms with Crippen LogP contribution in [0.15, 0.2) is 24.3 Å². The molecule has 0 bridgehead atoms. The van der Waals surface area contributed by atoms with Crippen molar-refractivity contribution in [2.24, 2.45) is 0 Å². The number of non-ortho nitro benzene ring substituents is 1. The third-order valence-electron chi connectivity index (χ3n) is 2.89. The number of anilines is 1. The molecule has 0 unspecified atom stereocenters. The zero-order chi connectivity index (χ0) is 12.3. The highest BCUT2D eigenvalue weighted by atomic mass is 35.5. The standard InChI is InChI=1S/C11H14ClN3O2/c12-14-7-5-10(6-8-14)13-9-1-3-11(4-2-9)15(16)17/h1-4,10,13H,5-8H2. The lowest BCUT2D eigenvalue weighted by Crippen LogP contribution is -2.34. The van der Waals surface area contributed by atoms with Crippen LogP contribution in [0.5, 0.6) is 0 Å². The van der Waals surface area contributed by atoms with E-state index in [0.717, 1.165) is 31.6 Å². The minimum Gasteiger partial charge on any atom is -0.382 e. The molecule has 5 nitrogen and oxygen atoms in total. The number of rotatable bonds is 3.